The van der Waals surface area contributed by atoms with Gasteiger partial charge in [-0.3, -0.25) is 9.78 Å². The Balaban J connectivity index is 3.19. The summed E-state index contributed by atoms with van der Waals surface area (Å²) in [7, 11) is 1.49. The van der Waals surface area contributed by atoms with Crippen LogP contribution in [0.15, 0.2) is 4.79 Å². The first kappa shape index (κ1) is 8.18. The van der Waals surface area contributed by atoms with Crippen molar-refractivity contribution in [2.45, 2.75) is 0 Å². The number of carboxylic acids is 1. The summed E-state index contributed by atoms with van der Waals surface area (Å²) in [5, 5.41) is 17.4. The highest BCUT2D eigenvalue weighted by atomic mass is 16.4. The van der Waals surface area contributed by atoms with Crippen LogP contribution < -0.4 is 10.9 Å². The van der Waals surface area contributed by atoms with Crippen LogP contribution >= 0.6 is 0 Å². The molecule has 0 aliphatic carbocycles. The second-order valence-electron chi connectivity index (χ2n) is 1.91. The Hall–Kier alpha value is -1.92. The Morgan fingerprint density at radius 3 is 2.67 bits per heavy atom. The zero-order valence-electron chi connectivity index (χ0n) is 6.16. The summed E-state index contributed by atoms with van der Waals surface area (Å²) in [6.07, 6.45) is 0. The summed E-state index contributed by atoms with van der Waals surface area (Å²) in [6, 6.07) is 0. The van der Waals surface area contributed by atoms with Gasteiger partial charge in [0.05, 0.1) is 0 Å². The predicted molar refractivity (Wildman–Crippen MR) is 39.2 cm³/mol. The lowest BCUT2D eigenvalue weighted by Gasteiger charge is -1.95. The first-order valence-electron chi connectivity index (χ1n) is 3.03. The Morgan fingerprint density at radius 1 is 1.58 bits per heavy atom. The van der Waals surface area contributed by atoms with E-state index in [4.69, 9.17) is 5.11 Å². The normalized spacial score (nSPS) is 9.42. The van der Waals surface area contributed by atoms with Gasteiger partial charge in [-0.05, 0) is 0 Å². The van der Waals surface area contributed by atoms with Crippen LogP contribution in [0, 0.1) is 0 Å². The SMILES string of the molecule is CNc1nnc(C(=O)O)[nH]c1=O. The van der Waals surface area contributed by atoms with E-state index in [0.29, 0.717) is 0 Å². The van der Waals surface area contributed by atoms with E-state index < -0.39 is 17.4 Å². The molecule has 12 heavy (non-hydrogen) atoms. The third-order valence-corrected chi connectivity index (χ3v) is 1.14. The Bertz CT molecular complexity index is 358. The molecule has 0 unspecified atom stereocenters. The van der Waals surface area contributed by atoms with Crippen LogP contribution in [0.2, 0.25) is 0 Å². The highest BCUT2D eigenvalue weighted by Gasteiger charge is 2.07. The van der Waals surface area contributed by atoms with Crippen molar-refractivity contribution in [1.82, 2.24) is 15.2 Å². The maximum absolute atomic E-state index is 10.9. The van der Waals surface area contributed by atoms with Gasteiger partial charge in [0.15, 0.2) is 0 Å². The topological polar surface area (TPSA) is 108 Å². The van der Waals surface area contributed by atoms with Gasteiger partial charge in [0, 0.05) is 7.05 Å². The first-order valence-corrected chi connectivity index (χ1v) is 3.03. The van der Waals surface area contributed by atoms with Gasteiger partial charge in [-0.25, -0.2) is 4.79 Å². The quantitative estimate of drug-likeness (QED) is 0.520. The van der Waals surface area contributed by atoms with Gasteiger partial charge in [0.25, 0.3) is 5.56 Å². The van der Waals surface area contributed by atoms with Gasteiger partial charge >= 0.3 is 5.97 Å². The van der Waals surface area contributed by atoms with Crippen LogP contribution in [-0.2, 0) is 0 Å². The molecule has 0 radical (unpaired) electrons. The third-order valence-electron chi connectivity index (χ3n) is 1.14. The van der Waals surface area contributed by atoms with Crippen molar-refractivity contribution in [3.05, 3.63) is 16.2 Å². The molecule has 0 bridgehead atoms. The highest BCUT2D eigenvalue weighted by molar-refractivity contribution is 5.82. The van der Waals surface area contributed by atoms with Crippen molar-refractivity contribution in [3.63, 3.8) is 0 Å². The van der Waals surface area contributed by atoms with Crippen LogP contribution in [0.4, 0.5) is 5.82 Å². The average Bonchev–Trinajstić information content (AvgIpc) is 2.04. The van der Waals surface area contributed by atoms with Crippen molar-refractivity contribution in [1.29, 1.82) is 0 Å². The molecule has 64 valence electrons. The number of carbonyl (C=O) groups is 1. The lowest BCUT2D eigenvalue weighted by atomic mass is 10.6. The van der Waals surface area contributed by atoms with Crippen LogP contribution in [0.25, 0.3) is 0 Å². The number of rotatable bonds is 2. The van der Waals surface area contributed by atoms with Gasteiger partial charge in [0.1, 0.15) is 0 Å². The Labute approximate surface area is 66.5 Å². The molecular weight excluding hydrogens is 164 g/mol. The summed E-state index contributed by atoms with van der Waals surface area (Å²) in [5.74, 6) is -1.80. The van der Waals surface area contributed by atoms with E-state index in [0.717, 1.165) is 0 Å². The lowest BCUT2D eigenvalue weighted by molar-refractivity contribution is 0.0681. The summed E-state index contributed by atoms with van der Waals surface area (Å²) in [6.45, 7) is 0. The van der Waals surface area contributed by atoms with E-state index in [1.54, 1.807) is 0 Å². The molecule has 1 heterocycles. The molecule has 1 aromatic rings. The number of carboxylic acid groups (broad SMARTS) is 1. The number of nitrogens with one attached hydrogen (secondary N) is 2. The van der Waals surface area contributed by atoms with E-state index >= 15 is 0 Å². The monoisotopic (exact) mass is 170 g/mol. The molecule has 0 aliphatic heterocycles. The highest BCUT2D eigenvalue weighted by Crippen LogP contribution is 1.87. The minimum atomic E-state index is -1.32. The van der Waals surface area contributed by atoms with Crippen molar-refractivity contribution in [2.24, 2.45) is 0 Å². The first-order chi connectivity index (χ1) is 5.65. The largest absolute Gasteiger partial charge is 0.475 e. The van der Waals surface area contributed by atoms with E-state index in [-0.39, 0.29) is 5.82 Å². The van der Waals surface area contributed by atoms with Gasteiger partial charge in [-0.1, -0.05) is 0 Å². The van der Waals surface area contributed by atoms with Crippen LogP contribution in [0.5, 0.6) is 0 Å². The maximum atomic E-state index is 10.9. The summed E-state index contributed by atoms with van der Waals surface area (Å²) in [5.41, 5.74) is -0.607. The predicted octanol–water partition coefficient (Wildman–Crippen LogP) is -1.10. The van der Waals surface area contributed by atoms with Crippen molar-refractivity contribution in [2.75, 3.05) is 12.4 Å². The second kappa shape index (κ2) is 2.99. The molecule has 1 rings (SSSR count). The molecule has 0 saturated heterocycles. The van der Waals surface area contributed by atoms with Gasteiger partial charge in [0.2, 0.25) is 11.6 Å². The zero-order chi connectivity index (χ0) is 9.14. The minimum Gasteiger partial charge on any atom is -0.475 e. The molecule has 3 N–H and O–H groups in total. The fourth-order valence-corrected chi connectivity index (χ4v) is 0.597. The summed E-state index contributed by atoms with van der Waals surface area (Å²) >= 11 is 0. The van der Waals surface area contributed by atoms with Crippen molar-refractivity contribution < 1.29 is 9.90 Å². The zero-order valence-corrected chi connectivity index (χ0v) is 6.16. The Morgan fingerprint density at radius 2 is 2.25 bits per heavy atom. The van der Waals surface area contributed by atoms with Crippen molar-refractivity contribution >= 4 is 11.8 Å². The molecule has 0 atom stereocenters. The third kappa shape index (κ3) is 1.39. The van der Waals surface area contributed by atoms with E-state index in [1.807, 2.05) is 4.98 Å². The van der Waals surface area contributed by atoms with E-state index in [9.17, 15) is 9.59 Å². The maximum Gasteiger partial charge on any atom is 0.373 e. The van der Waals surface area contributed by atoms with Crippen LogP contribution in [0.1, 0.15) is 10.6 Å². The molecule has 7 nitrogen and oxygen atoms in total. The average molecular weight is 170 g/mol. The van der Waals surface area contributed by atoms with Crippen LogP contribution in [0.3, 0.4) is 0 Å². The second-order valence-corrected chi connectivity index (χ2v) is 1.91. The molecule has 0 aliphatic rings. The van der Waals surface area contributed by atoms with Crippen LogP contribution in [-0.4, -0.2) is 33.3 Å². The number of aromatic nitrogens is 3. The number of H-pyrrole nitrogens is 1. The molecule has 1 aromatic heterocycles. The van der Waals surface area contributed by atoms with Gasteiger partial charge in [-0.15, -0.1) is 10.2 Å². The number of hydrogen-bond acceptors (Lipinski definition) is 5. The molecule has 0 amide bonds. The summed E-state index contributed by atoms with van der Waals surface area (Å²) < 4.78 is 0. The Kier molecular flexibility index (Phi) is 2.04. The van der Waals surface area contributed by atoms with E-state index in [2.05, 4.69) is 15.5 Å². The number of aromatic amines is 1. The fourth-order valence-electron chi connectivity index (χ4n) is 0.597. The molecule has 0 spiro atoms. The molecule has 0 fully saturated rings. The smallest absolute Gasteiger partial charge is 0.373 e. The number of hydrogen-bond donors (Lipinski definition) is 3. The number of aromatic carboxylic acids is 1. The van der Waals surface area contributed by atoms with Gasteiger partial charge in [-0.2, -0.15) is 0 Å². The summed E-state index contributed by atoms with van der Waals surface area (Å²) in [4.78, 5) is 23.2. The molecule has 0 saturated carbocycles. The fraction of sp³-hybridized carbons (Fsp3) is 0.200. The lowest BCUT2D eigenvalue weighted by Crippen LogP contribution is -2.20. The number of anilines is 1. The minimum absolute atomic E-state index is 0.0139. The molecule has 0 aromatic carbocycles. The standard InChI is InChI=1S/C5H6N4O3/c1-6-2-4(10)7-3(5(11)12)9-8-2/h1H3,(H,6,8)(H,11,12)(H,7,9,10). The van der Waals surface area contributed by atoms with Crippen molar-refractivity contribution in [3.8, 4) is 0 Å². The molecular formula is C5H6N4O3. The van der Waals surface area contributed by atoms with E-state index in [1.165, 1.54) is 7.05 Å². The van der Waals surface area contributed by atoms with Gasteiger partial charge < -0.3 is 10.4 Å². The molecule has 7 heteroatoms. The number of nitrogens with zero attached hydrogens (tertiary/aromatic N) is 2.